The van der Waals surface area contributed by atoms with Gasteiger partial charge in [0.05, 0.1) is 0 Å². The minimum Gasteiger partial charge on any atom is -0.353 e. The zero-order chi connectivity index (χ0) is 10.8. The molecule has 0 bridgehead atoms. The van der Waals surface area contributed by atoms with Crippen molar-refractivity contribution in [3.8, 4) is 0 Å². The van der Waals surface area contributed by atoms with Crippen molar-refractivity contribution in [2.45, 2.75) is 39.2 Å². The summed E-state index contributed by atoms with van der Waals surface area (Å²) >= 11 is 0. The molecule has 0 saturated heterocycles. The van der Waals surface area contributed by atoms with E-state index in [1.807, 2.05) is 0 Å². The number of hydrogen-bond donors (Lipinski definition) is 2. The van der Waals surface area contributed by atoms with Gasteiger partial charge in [0.2, 0.25) is 5.91 Å². The Morgan fingerprint density at radius 2 is 2.21 bits per heavy atom. The summed E-state index contributed by atoms with van der Waals surface area (Å²) in [6, 6.07) is 0.579. The van der Waals surface area contributed by atoms with Crippen molar-refractivity contribution in [1.82, 2.24) is 10.6 Å². The second kappa shape index (κ2) is 8.75. The third-order valence-corrected chi connectivity index (χ3v) is 2.05. The molecule has 2 N–H and O–H groups in total. The summed E-state index contributed by atoms with van der Waals surface area (Å²) in [6.45, 7) is 9.43. The van der Waals surface area contributed by atoms with Crippen LogP contribution in [0.5, 0.6) is 0 Å². The lowest BCUT2D eigenvalue weighted by Gasteiger charge is -2.12. The van der Waals surface area contributed by atoms with Crippen LogP contribution in [0.1, 0.15) is 33.1 Å². The molecular weight excluding hydrogens is 176 g/mol. The van der Waals surface area contributed by atoms with Crippen LogP contribution >= 0.6 is 0 Å². The molecule has 0 aliphatic rings. The first-order valence-electron chi connectivity index (χ1n) is 5.34. The molecule has 0 heterocycles. The lowest BCUT2D eigenvalue weighted by molar-refractivity contribution is -0.116. The number of rotatable bonds is 8. The topological polar surface area (TPSA) is 41.1 Å². The molecule has 0 fully saturated rings. The molecule has 0 spiro atoms. The standard InChI is InChI=1S/C11H22N2O/c1-4-7-10(3)12-8-6-9-13-11(14)5-2/h5,10,12H,2,4,6-9H2,1,3H3,(H,13,14). The minimum atomic E-state index is -0.0911. The summed E-state index contributed by atoms with van der Waals surface area (Å²) < 4.78 is 0. The molecule has 0 saturated carbocycles. The predicted molar refractivity (Wildman–Crippen MR) is 60.2 cm³/mol. The number of hydrogen-bond acceptors (Lipinski definition) is 2. The van der Waals surface area contributed by atoms with Gasteiger partial charge in [-0.25, -0.2) is 0 Å². The van der Waals surface area contributed by atoms with Gasteiger partial charge in [0.25, 0.3) is 0 Å². The Bertz CT molecular complexity index is 169. The number of carbonyl (C=O) groups excluding carboxylic acids is 1. The van der Waals surface area contributed by atoms with Crippen molar-refractivity contribution in [3.05, 3.63) is 12.7 Å². The molecule has 0 aromatic heterocycles. The first kappa shape index (κ1) is 13.2. The third kappa shape index (κ3) is 7.80. The number of nitrogens with one attached hydrogen (secondary N) is 2. The van der Waals surface area contributed by atoms with E-state index in [4.69, 9.17) is 0 Å². The van der Waals surface area contributed by atoms with Crippen molar-refractivity contribution < 1.29 is 4.79 Å². The van der Waals surface area contributed by atoms with E-state index < -0.39 is 0 Å². The highest BCUT2D eigenvalue weighted by Gasteiger charge is 1.98. The largest absolute Gasteiger partial charge is 0.353 e. The van der Waals surface area contributed by atoms with Crippen LogP contribution < -0.4 is 10.6 Å². The van der Waals surface area contributed by atoms with E-state index in [1.54, 1.807) is 0 Å². The van der Waals surface area contributed by atoms with Gasteiger partial charge in [-0.1, -0.05) is 19.9 Å². The minimum absolute atomic E-state index is 0.0911. The fourth-order valence-corrected chi connectivity index (χ4v) is 1.26. The van der Waals surface area contributed by atoms with E-state index in [0.29, 0.717) is 6.04 Å². The van der Waals surface area contributed by atoms with Crippen LogP contribution in [0.3, 0.4) is 0 Å². The van der Waals surface area contributed by atoms with Gasteiger partial charge >= 0.3 is 0 Å². The SMILES string of the molecule is C=CC(=O)NCCCNC(C)CCC. The highest BCUT2D eigenvalue weighted by molar-refractivity contribution is 5.86. The van der Waals surface area contributed by atoms with Crippen LogP contribution in [0.4, 0.5) is 0 Å². The maximum absolute atomic E-state index is 10.8. The molecule has 82 valence electrons. The van der Waals surface area contributed by atoms with Crippen molar-refractivity contribution in [2.24, 2.45) is 0 Å². The summed E-state index contributed by atoms with van der Waals surface area (Å²) in [5, 5.41) is 6.14. The van der Waals surface area contributed by atoms with E-state index in [2.05, 4.69) is 31.1 Å². The maximum Gasteiger partial charge on any atom is 0.243 e. The van der Waals surface area contributed by atoms with Crippen LogP contribution in [0, 0.1) is 0 Å². The molecule has 0 aromatic rings. The summed E-state index contributed by atoms with van der Waals surface area (Å²) in [5.74, 6) is -0.0911. The molecule has 0 radical (unpaired) electrons. The molecule has 1 atom stereocenters. The van der Waals surface area contributed by atoms with E-state index in [-0.39, 0.29) is 5.91 Å². The molecule has 1 amide bonds. The molecule has 14 heavy (non-hydrogen) atoms. The third-order valence-electron chi connectivity index (χ3n) is 2.05. The number of carbonyl (C=O) groups is 1. The fourth-order valence-electron chi connectivity index (χ4n) is 1.26. The van der Waals surface area contributed by atoms with Gasteiger partial charge in [-0.15, -0.1) is 0 Å². The van der Waals surface area contributed by atoms with Gasteiger partial charge in [0, 0.05) is 12.6 Å². The van der Waals surface area contributed by atoms with Crippen LogP contribution in [-0.2, 0) is 4.79 Å². The van der Waals surface area contributed by atoms with Gasteiger partial charge < -0.3 is 10.6 Å². The smallest absolute Gasteiger partial charge is 0.243 e. The van der Waals surface area contributed by atoms with E-state index >= 15 is 0 Å². The van der Waals surface area contributed by atoms with Crippen molar-refractivity contribution in [1.29, 1.82) is 0 Å². The average molecular weight is 198 g/mol. The lowest BCUT2D eigenvalue weighted by atomic mass is 10.2. The molecule has 0 aromatic carbocycles. The Labute approximate surface area is 87.0 Å². The van der Waals surface area contributed by atoms with Crippen LogP contribution in [0.25, 0.3) is 0 Å². The van der Waals surface area contributed by atoms with Crippen LogP contribution in [-0.4, -0.2) is 25.0 Å². The lowest BCUT2D eigenvalue weighted by Crippen LogP contribution is -2.30. The first-order valence-corrected chi connectivity index (χ1v) is 5.34. The Morgan fingerprint density at radius 1 is 1.50 bits per heavy atom. The Morgan fingerprint density at radius 3 is 2.79 bits per heavy atom. The molecule has 0 rings (SSSR count). The van der Waals surface area contributed by atoms with Crippen molar-refractivity contribution in [3.63, 3.8) is 0 Å². The Hall–Kier alpha value is -0.830. The zero-order valence-corrected chi connectivity index (χ0v) is 9.31. The van der Waals surface area contributed by atoms with E-state index in [9.17, 15) is 4.79 Å². The summed E-state index contributed by atoms with van der Waals surface area (Å²) in [5.41, 5.74) is 0. The molecule has 3 heteroatoms. The molecule has 0 aliphatic heterocycles. The normalized spacial score (nSPS) is 12.1. The maximum atomic E-state index is 10.8. The monoisotopic (exact) mass is 198 g/mol. The van der Waals surface area contributed by atoms with Crippen molar-refractivity contribution >= 4 is 5.91 Å². The molecule has 3 nitrogen and oxygen atoms in total. The summed E-state index contributed by atoms with van der Waals surface area (Å²) in [7, 11) is 0. The van der Waals surface area contributed by atoms with Crippen LogP contribution in [0.2, 0.25) is 0 Å². The highest BCUT2D eigenvalue weighted by Crippen LogP contribution is 1.93. The second-order valence-corrected chi connectivity index (χ2v) is 3.49. The second-order valence-electron chi connectivity index (χ2n) is 3.49. The highest BCUT2D eigenvalue weighted by atomic mass is 16.1. The zero-order valence-electron chi connectivity index (χ0n) is 9.31. The van der Waals surface area contributed by atoms with Gasteiger partial charge in [-0.2, -0.15) is 0 Å². The van der Waals surface area contributed by atoms with Gasteiger partial charge in [0.1, 0.15) is 0 Å². The summed E-state index contributed by atoms with van der Waals surface area (Å²) in [4.78, 5) is 10.8. The summed E-state index contributed by atoms with van der Waals surface area (Å²) in [6.07, 6.45) is 4.68. The Balaban J connectivity index is 3.20. The fraction of sp³-hybridized carbons (Fsp3) is 0.727. The molecule has 0 aliphatic carbocycles. The quantitative estimate of drug-likeness (QED) is 0.458. The van der Waals surface area contributed by atoms with Gasteiger partial charge in [-0.05, 0) is 32.4 Å². The molecule has 1 unspecified atom stereocenters. The van der Waals surface area contributed by atoms with E-state index in [1.165, 1.54) is 18.9 Å². The molecular formula is C11H22N2O. The van der Waals surface area contributed by atoms with Gasteiger partial charge in [0.15, 0.2) is 0 Å². The van der Waals surface area contributed by atoms with E-state index in [0.717, 1.165) is 19.5 Å². The van der Waals surface area contributed by atoms with Crippen LogP contribution in [0.15, 0.2) is 12.7 Å². The first-order chi connectivity index (χ1) is 6.70. The van der Waals surface area contributed by atoms with Gasteiger partial charge in [-0.3, -0.25) is 4.79 Å². The Kier molecular flexibility index (Phi) is 8.24. The van der Waals surface area contributed by atoms with Crippen molar-refractivity contribution in [2.75, 3.05) is 13.1 Å². The predicted octanol–water partition coefficient (Wildman–Crippen LogP) is 1.46. The number of amides is 1. The average Bonchev–Trinajstić information content (AvgIpc) is 2.17.